The second-order valence-electron chi connectivity index (χ2n) is 5.69. The van der Waals surface area contributed by atoms with Crippen LogP contribution in [-0.4, -0.2) is 47.0 Å². The minimum absolute atomic E-state index is 0.0177. The molecule has 1 aliphatic rings. The Hall–Kier alpha value is -2.03. The molecule has 10 heteroatoms. The van der Waals surface area contributed by atoms with Gasteiger partial charge in [-0.25, -0.2) is 0 Å². The van der Waals surface area contributed by atoms with Gasteiger partial charge >= 0.3 is 0 Å². The lowest BCUT2D eigenvalue weighted by Crippen LogP contribution is -2.46. The molecule has 1 atom stereocenters. The van der Waals surface area contributed by atoms with E-state index in [1.54, 1.807) is 18.2 Å². The number of amides is 4. The fourth-order valence-electron chi connectivity index (χ4n) is 2.28. The number of imide groups is 1. The molecular weight excluding hydrogens is 413 g/mol. The predicted molar refractivity (Wildman–Crippen MR) is 105 cm³/mol. The van der Waals surface area contributed by atoms with Gasteiger partial charge in [0, 0.05) is 20.0 Å². The first-order valence-electron chi connectivity index (χ1n) is 7.95. The number of nitrogens with one attached hydrogen (secondary N) is 2. The van der Waals surface area contributed by atoms with E-state index in [0.29, 0.717) is 15.6 Å². The van der Waals surface area contributed by atoms with Crippen LogP contribution in [0.4, 0.5) is 4.79 Å². The minimum atomic E-state index is -0.706. The van der Waals surface area contributed by atoms with E-state index < -0.39 is 23.1 Å². The van der Waals surface area contributed by atoms with Crippen LogP contribution in [0.1, 0.15) is 19.4 Å². The van der Waals surface area contributed by atoms with Crippen LogP contribution in [0.15, 0.2) is 23.1 Å². The molecule has 1 heterocycles. The number of halogens is 2. The van der Waals surface area contributed by atoms with Crippen LogP contribution in [0.25, 0.3) is 6.08 Å². The predicted octanol–water partition coefficient (Wildman–Crippen LogP) is 2.67. The molecular formula is C17H17Cl2N3O4S. The number of carbonyl (C=O) groups excluding carboxylic acids is 4. The maximum Gasteiger partial charge on any atom is 0.293 e. The molecule has 7 nitrogen and oxygen atoms in total. The molecule has 0 radical (unpaired) electrons. The average molecular weight is 430 g/mol. The topological polar surface area (TPSA) is 95.6 Å². The Morgan fingerprint density at radius 3 is 2.67 bits per heavy atom. The number of rotatable bonds is 6. The maximum absolute atomic E-state index is 12.4. The van der Waals surface area contributed by atoms with Gasteiger partial charge in [0.15, 0.2) is 0 Å². The van der Waals surface area contributed by atoms with Crippen LogP contribution in [-0.2, 0) is 14.4 Å². The fraction of sp³-hybridized carbons (Fsp3) is 0.294. The highest BCUT2D eigenvalue weighted by Gasteiger charge is 2.34. The number of thioether (sulfide) groups is 1. The van der Waals surface area contributed by atoms with Crippen LogP contribution in [0, 0.1) is 0 Å². The molecule has 2 rings (SSSR count). The van der Waals surface area contributed by atoms with E-state index in [2.05, 4.69) is 10.6 Å². The van der Waals surface area contributed by atoms with Crippen LogP contribution in [0.2, 0.25) is 10.0 Å². The Morgan fingerprint density at radius 2 is 2.00 bits per heavy atom. The first-order chi connectivity index (χ1) is 12.7. The molecule has 1 fully saturated rings. The highest BCUT2D eigenvalue weighted by molar-refractivity contribution is 8.18. The van der Waals surface area contributed by atoms with Crippen molar-refractivity contribution < 1.29 is 19.2 Å². The standard InChI is InChI=1S/C17H17Cl2N3O4S/c1-9(21-10(2)23)15(24)20-6-7-22-16(25)13(27-17(22)26)8-11-4-3-5-12(18)14(11)19/h3-5,8-9H,6-7H2,1-2H3,(H,20,24)(H,21,23)/b13-8-. The lowest BCUT2D eigenvalue weighted by molar-refractivity contribution is -0.127. The number of hydrogen-bond acceptors (Lipinski definition) is 5. The van der Waals surface area contributed by atoms with E-state index in [-0.39, 0.29) is 23.9 Å². The van der Waals surface area contributed by atoms with Crippen molar-refractivity contribution in [1.29, 1.82) is 0 Å². The smallest absolute Gasteiger partial charge is 0.293 e. The fourth-order valence-corrected chi connectivity index (χ4v) is 3.50. The molecule has 0 bridgehead atoms. The zero-order valence-electron chi connectivity index (χ0n) is 14.5. The van der Waals surface area contributed by atoms with E-state index in [9.17, 15) is 19.2 Å². The van der Waals surface area contributed by atoms with Gasteiger partial charge in [0.25, 0.3) is 11.1 Å². The summed E-state index contributed by atoms with van der Waals surface area (Å²) in [6.07, 6.45) is 1.51. The van der Waals surface area contributed by atoms with Crippen molar-refractivity contribution in [3.05, 3.63) is 38.7 Å². The van der Waals surface area contributed by atoms with Crippen LogP contribution in [0.5, 0.6) is 0 Å². The molecule has 1 aliphatic heterocycles. The molecule has 2 N–H and O–H groups in total. The average Bonchev–Trinajstić information content (AvgIpc) is 2.85. The van der Waals surface area contributed by atoms with Crippen LogP contribution < -0.4 is 10.6 Å². The van der Waals surface area contributed by atoms with E-state index in [1.807, 2.05) is 0 Å². The summed E-state index contributed by atoms with van der Waals surface area (Å²) in [6.45, 7) is 2.94. The Bertz CT molecular complexity index is 828. The SMILES string of the molecule is CC(=O)NC(C)C(=O)NCCN1C(=O)S/C(=C\c2cccc(Cl)c2Cl)C1=O. The molecule has 0 spiro atoms. The third kappa shape index (κ3) is 5.47. The summed E-state index contributed by atoms with van der Waals surface area (Å²) >= 11 is 12.8. The summed E-state index contributed by atoms with van der Waals surface area (Å²) in [6, 6.07) is 4.29. The highest BCUT2D eigenvalue weighted by atomic mass is 35.5. The number of nitrogens with zero attached hydrogens (tertiary/aromatic N) is 1. The lowest BCUT2D eigenvalue weighted by atomic mass is 10.2. The molecule has 4 amide bonds. The highest BCUT2D eigenvalue weighted by Crippen LogP contribution is 2.34. The van der Waals surface area contributed by atoms with E-state index >= 15 is 0 Å². The number of hydrogen-bond donors (Lipinski definition) is 2. The Kier molecular flexibility index (Phi) is 7.29. The summed E-state index contributed by atoms with van der Waals surface area (Å²) < 4.78 is 0. The summed E-state index contributed by atoms with van der Waals surface area (Å²) in [5, 5.41) is 5.23. The summed E-state index contributed by atoms with van der Waals surface area (Å²) in [4.78, 5) is 48.6. The van der Waals surface area contributed by atoms with Crippen molar-refractivity contribution in [2.75, 3.05) is 13.1 Å². The third-order valence-corrected chi connectivity index (χ3v) is 5.33. The van der Waals surface area contributed by atoms with Gasteiger partial charge in [-0.05, 0) is 36.4 Å². The summed E-state index contributed by atoms with van der Waals surface area (Å²) in [5.74, 6) is -1.20. The molecule has 1 aromatic rings. The molecule has 1 saturated heterocycles. The molecule has 0 saturated carbocycles. The Labute approximate surface area is 170 Å². The van der Waals surface area contributed by atoms with Crippen molar-refractivity contribution in [2.45, 2.75) is 19.9 Å². The van der Waals surface area contributed by atoms with Gasteiger partial charge in [-0.1, -0.05) is 35.3 Å². The first-order valence-corrected chi connectivity index (χ1v) is 9.52. The van der Waals surface area contributed by atoms with E-state index in [4.69, 9.17) is 23.2 Å². The Balaban J connectivity index is 1.98. The van der Waals surface area contributed by atoms with Crippen molar-refractivity contribution in [2.24, 2.45) is 0 Å². The zero-order valence-corrected chi connectivity index (χ0v) is 16.9. The summed E-state index contributed by atoms with van der Waals surface area (Å²) in [7, 11) is 0. The molecule has 27 heavy (non-hydrogen) atoms. The minimum Gasteiger partial charge on any atom is -0.353 e. The van der Waals surface area contributed by atoms with Gasteiger partial charge in [-0.3, -0.25) is 24.1 Å². The van der Waals surface area contributed by atoms with Gasteiger partial charge < -0.3 is 10.6 Å². The molecule has 1 unspecified atom stereocenters. The normalized spacial score (nSPS) is 16.6. The first kappa shape index (κ1) is 21.3. The zero-order chi connectivity index (χ0) is 20.1. The van der Waals surface area contributed by atoms with Gasteiger partial charge in [0.1, 0.15) is 6.04 Å². The van der Waals surface area contributed by atoms with Crippen molar-refractivity contribution >= 4 is 64.0 Å². The summed E-state index contributed by atoms with van der Waals surface area (Å²) in [5.41, 5.74) is 0.534. The maximum atomic E-state index is 12.4. The monoisotopic (exact) mass is 429 g/mol. The van der Waals surface area contributed by atoms with Crippen LogP contribution >= 0.6 is 35.0 Å². The molecule has 144 valence electrons. The van der Waals surface area contributed by atoms with Gasteiger partial charge in [-0.2, -0.15) is 0 Å². The van der Waals surface area contributed by atoms with Crippen molar-refractivity contribution in [3.63, 3.8) is 0 Å². The van der Waals surface area contributed by atoms with Crippen LogP contribution in [0.3, 0.4) is 0 Å². The van der Waals surface area contributed by atoms with Gasteiger partial charge in [0.05, 0.1) is 15.0 Å². The van der Waals surface area contributed by atoms with Crippen molar-refractivity contribution in [1.82, 2.24) is 15.5 Å². The third-order valence-electron chi connectivity index (χ3n) is 3.59. The largest absolute Gasteiger partial charge is 0.353 e. The molecule has 0 aromatic heterocycles. The second kappa shape index (κ2) is 9.25. The number of carbonyl (C=O) groups is 4. The molecule has 0 aliphatic carbocycles. The Morgan fingerprint density at radius 1 is 1.30 bits per heavy atom. The van der Waals surface area contributed by atoms with Gasteiger partial charge in [-0.15, -0.1) is 0 Å². The second-order valence-corrected chi connectivity index (χ2v) is 7.47. The molecule has 1 aromatic carbocycles. The van der Waals surface area contributed by atoms with E-state index in [1.165, 1.54) is 19.9 Å². The van der Waals surface area contributed by atoms with E-state index in [0.717, 1.165) is 16.7 Å². The van der Waals surface area contributed by atoms with Crippen molar-refractivity contribution in [3.8, 4) is 0 Å². The quantitative estimate of drug-likeness (QED) is 0.677. The lowest BCUT2D eigenvalue weighted by Gasteiger charge is -2.15. The van der Waals surface area contributed by atoms with Gasteiger partial charge in [0.2, 0.25) is 11.8 Å². The number of benzene rings is 1.